The Morgan fingerprint density at radius 3 is 2.74 bits per heavy atom. The highest BCUT2D eigenvalue weighted by Gasteiger charge is 2.13. The normalized spacial score (nSPS) is 10.6. The van der Waals surface area contributed by atoms with Crippen LogP contribution in [0.4, 0.5) is 5.69 Å². The number of carbonyl (C=O) groups excluding carboxylic acids is 1. The SMILES string of the molecule is CCOc1ccc(-c2nc(C(=O)Nc3cccc(OCCn4cccn4)c3)cs2)cc1. The topological polar surface area (TPSA) is 78.3 Å². The second-order valence-electron chi connectivity index (χ2n) is 6.59. The lowest BCUT2D eigenvalue weighted by atomic mass is 10.2. The van der Waals surface area contributed by atoms with Gasteiger partial charge in [0.05, 0.1) is 13.2 Å². The number of anilines is 1. The fourth-order valence-electron chi connectivity index (χ4n) is 2.92. The summed E-state index contributed by atoms with van der Waals surface area (Å²) in [5, 5.41) is 9.56. The van der Waals surface area contributed by atoms with Crippen LogP contribution < -0.4 is 14.8 Å². The van der Waals surface area contributed by atoms with Crippen LogP contribution in [-0.4, -0.2) is 33.9 Å². The molecule has 2 aromatic carbocycles. The molecule has 0 atom stereocenters. The molecule has 8 heteroatoms. The van der Waals surface area contributed by atoms with Crippen LogP contribution in [0.15, 0.2) is 72.4 Å². The number of nitrogens with one attached hydrogen (secondary N) is 1. The van der Waals surface area contributed by atoms with E-state index < -0.39 is 0 Å². The van der Waals surface area contributed by atoms with E-state index in [1.54, 1.807) is 22.3 Å². The summed E-state index contributed by atoms with van der Waals surface area (Å²) in [5.74, 6) is 1.23. The minimum atomic E-state index is -0.262. The van der Waals surface area contributed by atoms with Crippen molar-refractivity contribution in [1.29, 1.82) is 0 Å². The fraction of sp³-hybridized carbons (Fsp3) is 0.174. The first-order valence-electron chi connectivity index (χ1n) is 9.91. The van der Waals surface area contributed by atoms with Crippen LogP contribution in [0.1, 0.15) is 17.4 Å². The summed E-state index contributed by atoms with van der Waals surface area (Å²) in [6.45, 7) is 3.70. The van der Waals surface area contributed by atoms with E-state index in [9.17, 15) is 4.79 Å². The third-order valence-electron chi connectivity index (χ3n) is 4.39. The van der Waals surface area contributed by atoms with Gasteiger partial charge in [0.25, 0.3) is 5.91 Å². The Labute approximate surface area is 184 Å². The summed E-state index contributed by atoms with van der Waals surface area (Å²) in [4.78, 5) is 17.1. The second-order valence-corrected chi connectivity index (χ2v) is 7.45. The van der Waals surface area contributed by atoms with Crippen LogP contribution in [0.25, 0.3) is 10.6 Å². The molecule has 4 aromatic rings. The van der Waals surface area contributed by atoms with E-state index in [-0.39, 0.29) is 5.91 Å². The van der Waals surface area contributed by atoms with Crippen LogP contribution in [0, 0.1) is 0 Å². The molecular weight excluding hydrogens is 412 g/mol. The zero-order valence-corrected chi connectivity index (χ0v) is 17.8. The molecule has 0 bridgehead atoms. The first kappa shape index (κ1) is 20.6. The molecule has 1 N–H and O–H groups in total. The number of benzene rings is 2. The predicted molar refractivity (Wildman–Crippen MR) is 121 cm³/mol. The Bertz CT molecular complexity index is 1120. The van der Waals surface area contributed by atoms with Gasteiger partial charge in [-0.2, -0.15) is 5.10 Å². The standard InChI is InChI=1S/C23H22N4O3S/c1-2-29-19-9-7-17(8-10-19)23-26-21(16-31-23)22(28)25-18-5-3-6-20(15-18)30-14-13-27-12-4-11-24-27/h3-12,15-16H,2,13-14H2,1H3,(H,25,28). The number of amides is 1. The molecule has 2 heterocycles. The van der Waals surface area contributed by atoms with Gasteiger partial charge < -0.3 is 14.8 Å². The van der Waals surface area contributed by atoms with Gasteiger partial charge in [0, 0.05) is 35.1 Å². The molecule has 0 unspecified atom stereocenters. The number of aromatic nitrogens is 3. The Balaban J connectivity index is 1.36. The molecule has 0 aliphatic heterocycles. The highest BCUT2D eigenvalue weighted by Crippen LogP contribution is 2.26. The van der Waals surface area contributed by atoms with E-state index in [2.05, 4.69) is 15.4 Å². The average Bonchev–Trinajstić information content (AvgIpc) is 3.47. The summed E-state index contributed by atoms with van der Waals surface area (Å²) in [6, 6.07) is 16.9. The smallest absolute Gasteiger partial charge is 0.275 e. The third kappa shape index (κ3) is 5.49. The van der Waals surface area contributed by atoms with E-state index in [0.29, 0.717) is 36.9 Å². The predicted octanol–water partition coefficient (Wildman–Crippen LogP) is 4.74. The number of ether oxygens (including phenoxy) is 2. The molecule has 7 nitrogen and oxygen atoms in total. The van der Waals surface area contributed by atoms with Crippen molar-refractivity contribution in [3.63, 3.8) is 0 Å². The molecule has 0 saturated carbocycles. The molecule has 0 aliphatic carbocycles. The molecule has 4 rings (SSSR count). The van der Waals surface area contributed by atoms with Crippen LogP contribution in [-0.2, 0) is 6.54 Å². The Morgan fingerprint density at radius 2 is 1.97 bits per heavy atom. The van der Waals surface area contributed by atoms with E-state index in [0.717, 1.165) is 16.3 Å². The van der Waals surface area contributed by atoms with Gasteiger partial charge in [-0.3, -0.25) is 9.48 Å². The largest absolute Gasteiger partial charge is 0.494 e. The summed E-state index contributed by atoms with van der Waals surface area (Å²) < 4.78 is 13.0. The molecule has 0 saturated heterocycles. The van der Waals surface area contributed by atoms with Crippen molar-refractivity contribution >= 4 is 22.9 Å². The van der Waals surface area contributed by atoms with Crippen LogP contribution in [0.5, 0.6) is 11.5 Å². The second kappa shape index (κ2) is 9.90. The van der Waals surface area contributed by atoms with Gasteiger partial charge in [0.2, 0.25) is 0 Å². The average molecular weight is 435 g/mol. The van der Waals surface area contributed by atoms with Crippen LogP contribution >= 0.6 is 11.3 Å². The Kier molecular flexibility index (Phi) is 6.59. The lowest BCUT2D eigenvalue weighted by Gasteiger charge is -2.09. The zero-order chi connectivity index (χ0) is 21.5. The third-order valence-corrected chi connectivity index (χ3v) is 5.28. The van der Waals surface area contributed by atoms with Gasteiger partial charge in [-0.05, 0) is 49.4 Å². The van der Waals surface area contributed by atoms with Crippen molar-refractivity contribution in [2.75, 3.05) is 18.5 Å². The number of hydrogen-bond acceptors (Lipinski definition) is 6. The minimum Gasteiger partial charge on any atom is -0.494 e. The lowest BCUT2D eigenvalue weighted by Crippen LogP contribution is -2.12. The molecular formula is C23H22N4O3S. The van der Waals surface area contributed by atoms with Gasteiger partial charge in [-0.15, -0.1) is 11.3 Å². The van der Waals surface area contributed by atoms with E-state index in [4.69, 9.17) is 9.47 Å². The van der Waals surface area contributed by atoms with Crippen molar-refractivity contribution in [3.05, 3.63) is 78.1 Å². The van der Waals surface area contributed by atoms with E-state index in [1.807, 2.05) is 61.7 Å². The Hall–Kier alpha value is -3.65. The van der Waals surface area contributed by atoms with Gasteiger partial charge in [-0.1, -0.05) is 6.07 Å². The Morgan fingerprint density at radius 1 is 1.10 bits per heavy atom. The molecule has 0 aliphatic rings. The highest BCUT2D eigenvalue weighted by molar-refractivity contribution is 7.13. The van der Waals surface area contributed by atoms with Crippen molar-refractivity contribution in [3.8, 4) is 22.1 Å². The van der Waals surface area contributed by atoms with E-state index >= 15 is 0 Å². The van der Waals surface area contributed by atoms with E-state index in [1.165, 1.54) is 11.3 Å². The monoisotopic (exact) mass is 434 g/mol. The summed E-state index contributed by atoms with van der Waals surface area (Å²) >= 11 is 1.43. The fourth-order valence-corrected chi connectivity index (χ4v) is 3.73. The molecule has 0 radical (unpaired) electrons. The molecule has 0 spiro atoms. The van der Waals surface area contributed by atoms with Crippen molar-refractivity contribution in [1.82, 2.24) is 14.8 Å². The zero-order valence-electron chi connectivity index (χ0n) is 17.0. The molecule has 158 valence electrons. The number of carbonyl (C=O) groups is 1. The van der Waals surface area contributed by atoms with Gasteiger partial charge >= 0.3 is 0 Å². The number of nitrogens with zero attached hydrogens (tertiary/aromatic N) is 3. The van der Waals surface area contributed by atoms with Crippen molar-refractivity contribution in [2.24, 2.45) is 0 Å². The van der Waals surface area contributed by atoms with Crippen molar-refractivity contribution in [2.45, 2.75) is 13.5 Å². The maximum Gasteiger partial charge on any atom is 0.275 e. The quantitative estimate of drug-likeness (QED) is 0.412. The summed E-state index contributed by atoms with van der Waals surface area (Å²) in [6.07, 6.45) is 3.62. The summed E-state index contributed by atoms with van der Waals surface area (Å²) in [7, 11) is 0. The number of hydrogen-bond donors (Lipinski definition) is 1. The lowest BCUT2D eigenvalue weighted by molar-refractivity contribution is 0.102. The minimum absolute atomic E-state index is 0.262. The van der Waals surface area contributed by atoms with Crippen LogP contribution in [0.3, 0.4) is 0 Å². The molecule has 0 fully saturated rings. The van der Waals surface area contributed by atoms with Gasteiger partial charge in [0.15, 0.2) is 0 Å². The van der Waals surface area contributed by atoms with Gasteiger partial charge in [0.1, 0.15) is 28.8 Å². The molecule has 31 heavy (non-hydrogen) atoms. The maximum atomic E-state index is 12.6. The molecule has 1 amide bonds. The summed E-state index contributed by atoms with van der Waals surface area (Å²) in [5.41, 5.74) is 1.97. The number of rotatable bonds is 9. The highest BCUT2D eigenvalue weighted by atomic mass is 32.1. The number of thiazole rings is 1. The van der Waals surface area contributed by atoms with Gasteiger partial charge in [-0.25, -0.2) is 4.98 Å². The van der Waals surface area contributed by atoms with Crippen LogP contribution in [0.2, 0.25) is 0 Å². The van der Waals surface area contributed by atoms with Crippen molar-refractivity contribution < 1.29 is 14.3 Å². The first-order valence-corrected chi connectivity index (χ1v) is 10.8. The maximum absolute atomic E-state index is 12.6. The molecule has 2 aromatic heterocycles. The first-order chi connectivity index (χ1) is 15.2.